The monoisotopic (exact) mass is 283 g/mol. The van der Waals surface area contributed by atoms with Gasteiger partial charge in [-0.1, -0.05) is 29.8 Å². The minimum Gasteiger partial charge on any atom is -0.369 e. The Bertz CT molecular complexity index is 260. The molecule has 88 valence electrons. The minimum absolute atomic E-state index is 0.0804. The molecular formula is C10H16BrF2NO. The molecule has 0 bridgehead atoms. The molecule has 4 atom stereocenters. The van der Waals surface area contributed by atoms with E-state index in [1.165, 1.54) is 0 Å². The number of amides is 1. The molecule has 4 unspecified atom stereocenters. The van der Waals surface area contributed by atoms with E-state index in [1.54, 1.807) is 13.8 Å². The first kappa shape index (κ1) is 12.9. The number of hydrogen-bond acceptors (Lipinski definition) is 1. The Hall–Kier alpha value is -0.190. The molecule has 1 saturated carbocycles. The van der Waals surface area contributed by atoms with Crippen LogP contribution in [-0.4, -0.2) is 23.1 Å². The van der Waals surface area contributed by atoms with Gasteiger partial charge < -0.3 is 5.73 Å². The van der Waals surface area contributed by atoms with Crippen LogP contribution in [0, 0.1) is 11.3 Å². The number of halogens is 3. The molecule has 0 spiro atoms. The van der Waals surface area contributed by atoms with Gasteiger partial charge >= 0.3 is 0 Å². The molecule has 0 aromatic rings. The van der Waals surface area contributed by atoms with E-state index in [9.17, 15) is 13.6 Å². The Balaban J connectivity index is 2.88. The second-order valence-corrected chi connectivity index (χ2v) is 6.02. The quantitative estimate of drug-likeness (QED) is 0.777. The number of primary amides is 1. The van der Waals surface area contributed by atoms with Crippen molar-refractivity contribution in [2.75, 3.05) is 0 Å². The van der Waals surface area contributed by atoms with Gasteiger partial charge in [0.05, 0.1) is 0 Å². The van der Waals surface area contributed by atoms with Gasteiger partial charge in [0.15, 0.2) is 0 Å². The SMILES string of the molecule is CC(C)(C(N)=O)C1CC(Br)CC(F)C1F. The highest BCUT2D eigenvalue weighted by Crippen LogP contribution is 2.42. The lowest BCUT2D eigenvalue weighted by Crippen LogP contribution is -2.49. The fraction of sp³-hybridized carbons (Fsp3) is 0.900. The molecule has 1 fully saturated rings. The van der Waals surface area contributed by atoms with Gasteiger partial charge in [0.1, 0.15) is 12.3 Å². The Morgan fingerprint density at radius 2 is 1.93 bits per heavy atom. The molecule has 0 aliphatic heterocycles. The summed E-state index contributed by atoms with van der Waals surface area (Å²) in [5.74, 6) is -1.23. The molecule has 0 aromatic heterocycles. The number of nitrogens with two attached hydrogens (primary N) is 1. The third kappa shape index (κ3) is 2.49. The van der Waals surface area contributed by atoms with Crippen molar-refractivity contribution >= 4 is 21.8 Å². The van der Waals surface area contributed by atoms with Gasteiger partial charge in [-0.15, -0.1) is 0 Å². The van der Waals surface area contributed by atoms with Crippen LogP contribution in [0.5, 0.6) is 0 Å². The van der Waals surface area contributed by atoms with Gasteiger partial charge in [-0.05, 0) is 12.8 Å². The van der Waals surface area contributed by atoms with Gasteiger partial charge in [-0.25, -0.2) is 8.78 Å². The Morgan fingerprint density at radius 1 is 1.40 bits per heavy atom. The summed E-state index contributed by atoms with van der Waals surface area (Å²) in [7, 11) is 0. The highest BCUT2D eigenvalue weighted by molar-refractivity contribution is 9.09. The summed E-state index contributed by atoms with van der Waals surface area (Å²) in [5.41, 5.74) is 4.21. The van der Waals surface area contributed by atoms with Gasteiger partial charge in [0, 0.05) is 16.2 Å². The van der Waals surface area contributed by atoms with E-state index in [1.807, 2.05) is 0 Å². The van der Waals surface area contributed by atoms with Crippen molar-refractivity contribution in [3.05, 3.63) is 0 Å². The molecule has 2 N–H and O–H groups in total. The number of carbonyl (C=O) groups excluding carboxylic acids is 1. The fourth-order valence-electron chi connectivity index (χ4n) is 2.00. The molecule has 5 heteroatoms. The molecule has 2 nitrogen and oxygen atoms in total. The van der Waals surface area contributed by atoms with E-state index >= 15 is 0 Å². The van der Waals surface area contributed by atoms with Crippen molar-refractivity contribution in [3.8, 4) is 0 Å². The normalized spacial score (nSPS) is 37.7. The Labute approximate surface area is 96.7 Å². The van der Waals surface area contributed by atoms with E-state index in [0.717, 1.165) is 0 Å². The molecule has 1 aliphatic carbocycles. The molecule has 0 aromatic carbocycles. The Morgan fingerprint density at radius 3 is 2.40 bits per heavy atom. The molecule has 0 heterocycles. The Kier molecular flexibility index (Phi) is 3.74. The highest BCUT2D eigenvalue weighted by atomic mass is 79.9. The summed E-state index contributed by atoms with van der Waals surface area (Å²) in [6.07, 6.45) is -2.50. The molecule has 1 aliphatic rings. The lowest BCUT2D eigenvalue weighted by molar-refractivity contribution is -0.132. The van der Waals surface area contributed by atoms with E-state index in [-0.39, 0.29) is 11.2 Å². The van der Waals surface area contributed by atoms with Crippen molar-refractivity contribution < 1.29 is 13.6 Å². The largest absolute Gasteiger partial charge is 0.369 e. The lowest BCUT2D eigenvalue weighted by Gasteiger charge is -2.40. The van der Waals surface area contributed by atoms with Crippen LogP contribution in [0.1, 0.15) is 26.7 Å². The summed E-state index contributed by atoms with van der Waals surface area (Å²) in [5, 5.41) is 0. The summed E-state index contributed by atoms with van der Waals surface area (Å²) < 4.78 is 27.0. The fourth-order valence-corrected chi connectivity index (χ4v) is 2.76. The smallest absolute Gasteiger partial charge is 0.223 e. The summed E-state index contributed by atoms with van der Waals surface area (Å²) in [6, 6.07) is 0. The maximum Gasteiger partial charge on any atom is 0.223 e. The number of hydrogen-bond donors (Lipinski definition) is 1. The predicted octanol–water partition coefficient (Wildman–Crippen LogP) is 2.35. The third-order valence-electron chi connectivity index (χ3n) is 3.28. The molecule has 1 amide bonds. The van der Waals surface area contributed by atoms with Crippen molar-refractivity contribution in [1.82, 2.24) is 0 Å². The zero-order chi connectivity index (χ0) is 11.8. The highest BCUT2D eigenvalue weighted by Gasteiger charge is 2.47. The maximum absolute atomic E-state index is 13.7. The van der Waals surface area contributed by atoms with Crippen LogP contribution >= 0.6 is 15.9 Å². The van der Waals surface area contributed by atoms with Crippen LogP contribution in [0.15, 0.2) is 0 Å². The lowest BCUT2D eigenvalue weighted by atomic mass is 9.69. The topological polar surface area (TPSA) is 43.1 Å². The van der Waals surface area contributed by atoms with E-state index in [0.29, 0.717) is 6.42 Å². The second-order valence-electron chi connectivity index (χ2n) is 4.72. The molecule has 0 saturated heterocycles. The first-order valence-electron chi connectivity index (χ1n) is 4.99. The first-order valence-corrected chi connectivity index (χ1v) is 5.90. The summed E-state index contributed by atoms with van der Waals surface area (Å²) in [6.45, 7) is 3.15. The van der Waals surface area contributed by atoms with Crippen molar-refractivity contribution in [2.45, 2.75) is 43.9 Å². The van der Waals surface area contributed by atoms with Gasteiger partial charge in [-0.3, -0.25) is 4.79 Å². The molecular weight excluding hydrogens is 268 g/mol. The van der Waals surface area contributed by atoms with Gasteiger partial charge in [0.25, 0.3) is 0 Å². The van der Waals surface area contributed by atoms with Crippen LogP contribution in [0.2, 0.25) is 0 Å². The van der Waals surface area contributed by atoms with Crippen LogP contribution in [-0.2, 0) is 4.79 Å². The van der Waals surface area contributed by atoms with Crippen molar-refractivity contribution in [3.63, 3.8) is 0 Å². The third-order valence-corrected chi connectivity index (χ3v) is 4.03. The summed E-state index contributed by atoms with van der Waals surface area (Å²) in [4.78, 5) is 11.1. The minimum atomic E-state index is -1.60. The van der Waals surface area contributed by atoms with E-state index in [4.69, 9.17) is 5.73 Å². The average Bonchev–Trinajstić information content (AvgIpc) is 2.10. The van der Waals surface area contributed by atoms with Gasteiger partial charge in [-0.2, -0.15) is 0 Å². The zero-order valence-electron chi connectivity index (χ0n) is 8.84. The molecule has 0 radical (unpaired) electrons. The second kappa shape index (κ2) is 4.36. The molecule has 15 heavy (non-hydrogen) atoms. The van der Waals surface area contributed by atoms with Crippen LogP contribution in [0.4, 0.5) is 8.78 Å². The van der Waals surface area contributed by atoms with Crippen LogP contribution in [0.3, 0.4) is 0 Å². The molecule has 1 rings (SSSR count). The van der Waals surface area contributed by atoms with Crippen molar-refractivity contribution in [2.24, 2.45) is 17.1 Å². The van der Waals surface area contributed by atoms with Crippen molar-refractivity contribution in [1.29, 1.82) is 0 Å². The van der Waals surface area contributed by atoms with E-state index in [2.05, 4.69) is 15.9 Å². The summed E-state index contributed by atoms with van der Waals surface area (Å²) >= 11 is 3.28. The zero-order valence-corrected chi connectivity index (χ0v) is 10.4. The van der Waals surface area contributed by atoms with Crippen LogP contribution < -0.4 is 5.73 Å². The number of rotatable bonds is 2. The standard InChI is InChI=1S/C10H16BrF2NO/c1-10(2,9(14)15)6-3-5(11)4-7(12)8(6)13/h5-8H,3-4H2,1-2H3,(H2,14,15). The van der Waals surface area contributed by atoms with E-state index < -0.39 is 29.6 Å². The number of carbonyl (C=O) groups is 1. The maximum atomic E-state index is 13.7. The average molecular weight is 284 g/mol. The van der Waals surface area contributed by atoms with Crippen LogP contribution in [0.25, 0.3) is 0 Å². The predicted molar refractivity (Wildman–Crippen MR) is 58.2 cm³/mol. The first-order chi connectivity index (χ1) is 6.76. The van der Waals surface area contributed by atoms with Gasteiger partial charge in [0.2, 0.25) is 5.91 Å². The number of alkyl halides is 3.